The average molecular weight is 354 g/mol. The van der Waals surface area contributed by atoms with Crippen LogP contribution in [0.4, 0.5) is 14.5 Å². The molecule has 3 nitrogen and oxygen atoms in total. The average Bonchev–Trinajstić information content (AvgIpc) is 2.73. The molecule has 23 heavy (non-hydrogen) atoms. The molecule has 0 saturated heterocycles. The van der Waals surface area contributed by atoms with Crippen molar-refractivity contribution >= 4 is 46.3 Å². The van der Waals surface area contributed by atoms with E-state index < -0.39 is 29.1 Å². The van der Waals surface area contributed by atoms with Crippen LogP contribution < -0.4 is 4.90 Å². The van der Waals surface area contributed by atoms with Crippen molar-refractivity contribution in [2.75, 3.05) is 4.90 Å². The number of hydrogen-bond donors (Lipinski definition) is 0. The summed E-state index contributed by atoms with van der Waals surface area (Å²) < 4.78 is 27.2. The molecule has 2 aromatic rings. The van der Waals surface area contributed by atoms with Crippen molar-refractivity contribution in [2.45, 2.75) is 0 Å². The molecule has 1 aliphatic heterocycles. The Morgan fingerprint density at radius 3 is 2.17 bits per heavy atom. The van der Waals surface area contributed by atoms with Gasteiger partial charge in [0.25, 0.3) is 11.8 Å². The lowest BCUT2D eigenvalue weighted by molar-refractivity contribution is -0.119. The number of anilines is 1. The molecule has 1 heterocycles. The molecular formula is C16H7Cl2F2NO2. The summed E-state index contributed by atoms with van der Waals surface area (Å²) in [6.07, 6.45) is 0. The minimum atomic E-state index is -0.911. The first kappa shape index (κ1) is 15.6. The molecule has 0 bridgehead atoms. The zero-order valence-electron chi connectivity index (χ0n) is 11.3. The Morgan fingerprint density at radius 2 is 1.52 bits per heavy atom. The van der Waals surface area contributed by atoms with Crippen LogP contribution in [0, 0.1) is 11.6 Å². The lowest BCUT2D eigenvalue weighted by Crippen LogP contribution is -2.32. The first-order valence-electron chi connectivity index (χ1n) is 6.39. The molecule has 0 atom stereocenters. The highest BCUT2D eigenvalue weighted by Gasteiger charge is 2.40. The lowest BCUT2D eigenvalue weighted by atomic mass is 10.1. The molecule has 0 unspecified atom stereocenters. The Morgan fingerprint density at radius 1 is 0.870 bits per heavy atom. The number of imide groups is 1. The zero-order chi connectivity index (χ0) is 16.7. The molecule has 0 spiro atoms. The van der Waals surface area contributed by atoms with Gasteiger partial charge in [0.15, 0.2) is 0 Å². The SMILES string of the molecule is O=C1C(Cl)=C(c2ccc(Cl)cc2)C(=O)N1c1cc(F)ccc1F. The van der Waals surface area contributed by atoms with Crippen molar-refractivity contribution in [3.05, 3.63) is 69.7 Å². The molecular weight excluding hydrogens is 347 g/mol. The third-order valence-electron chi connectivity index (χ3n) is 3.31. The Kier molecular flexibility index (Phi) is 3.92. The van der Waals surface area contributed by atoms with E-state index in [2.05, 4.69) is 0 Å². The Hall–Kier alpha value is -2.24. The molecule has 0 radical (unpaired) electrons. The second-order valence-corrected chi connectivity index (χ2v) is 5.55. The van der Waals surface area contributed by atoms with Crippen LogP contribution in [0.3, 0.4) is 0 Å². The zero-order valence-corrected chi connectivity index (χ0v) is 12.8. The Balaban J connectivity index is 2.09. The van der Waals surface area contributed by atoms with Gasteiger partial charge in [-0.05, 0) is 29.8 Å². The Bertz CT molecular complexity index is 863. The van der Waals surface area contributed by atoms with E-state index in [-0.39, 0.29) is 10.6 Å². The van der Waals surface area contributed by atoms with E-state index in [1.54, 1.807) is 0 Å². The smallest absolute Gasteiger partial charge is 0.268 e. The van der Waals surface area contributed by atoms with Crippen LogP contribution in [0.5, 0.6) is 0 Å². The predicted octanol–water partition coefficient (Wildman–Crippen LogP) is 4.14. The van der Waals surface area contributed by atoms with Crippen molar-refractivity contribution in [2.24, 2.45) is 0 Å². The number of carbonyl (C=O) groups excluding carboxylic acids is 2. The topological polar surface area (TPSA) is 37.4 Å². The summed E-state index contributed by atoms with van der Waals surface area (Å²) >= 11 is 11.7. The molecule has 3 rings (SSSR count). The van der Waals surface area contributed by atoms with Crippen LogP contribution in [-0.4, -0.2) is 11.8 Å². The molecule has 0 N–H and O–H groups in total. The van der Waals surface area contributed by atoms with Crippen LogP contribution in [-0.2, 0) is 9.59 Å². The number of nitrogens with zero attached hydrogens (tertiary/aromatic N) is 1. The van der Waals surface area contributed by atoms with Crippen molar-refractivity contribution in [1.29, 1.82) is 0 Å². The van der Waals surface area contributed by atoms with Gasteiger partial charge in [0, 0.05) is 11.1 Å². The monoisotopic (exact) mass is 353 g/mol. The van der Waals surface area contributed by atoms with Gasteiger partial charge < -0.3 is 0 Å². The van der Waals surface area contributed by atoms with Gasteiger partial charge in [-0.3, -0.25) is 9.59 Å². The highest BCUT2D eigenvalue weighted by molar-refractivity contribution is 6.60. The maximum absolute atomic E-state index is 13.9. The van der Waals surface area contributed by atoms with E-state index in [0.29, 0.717) is 15.5 Å². The fourth-order valence-electron chi connectivity index (χ4n) is 2.25. The summed E-state index contributed by atoms with van der Waals surface area (Å²) in [5, 5.41) is 0.0799. The van der Waals surface area contributed by atoms with Gasteiger partial charge in [0.05, 0.1) is 11.3 Å². The Labute approximate surface area is 139 Å². The van der Waals surface area contributed by atoms with Crippen LogP contribution in [0.1, 0.15) is 5.56 Å². The number of amides is 2. The lowest BCUT2D eigenvalue weighted by Gasteiger charge is -2.15. The van der Waals surface area contributed by atoms with Gasteiger partial charge in [-0.25, -0.2) is 13.7 Å². The van der Waals surface area contributed by atoms with Crippen LogP contribution in [0.2, 0.25) is 5.02 Å². The highest BCUT2D eigenvalue weighted by atomic mass is 35.5. The summed E-state index contributed by atoms with van der Waals surface area (Å²) in [5.41, 5.74) is -0.212. The van der Waals surface area contributed by atoms with Crippen molar-refractivity contribution in [1.82, 2.24) is 0 Å². The molecule has 0 saturated carbocycles. The minimum absolute atomic E-state index is 0.0861. The summed E-state index contributed by atoms with van der Waals surface area (Å²) in [6.45, 7) is 0. The van der Waals surface area contributed by atoms with E-state index in [0.717, 1.165) is 18.2 Å². The second kappa shape index (κ2) is 5.76. The third-order valence-corrected chi connectivity index (χ3v) is 3.91. The molecule has 116 valence electrons. The van der Waals surface area contributed by atoms with Gasteiger partial charge in [-0.15, -0.1) is 0 Å². The first-order valence-corrected chi connectivity index (χ1v) is 7.15. The van der Waals surface area contributed by atoms with Crippen molar-refractivity contribution in [3.63, 3.8) is 0 Å². The van der Waals surface area contributed by atoms with Crippen molar-refractivity contribution < 1.29 is 18.4 Å². The number of rotatable bonds is 2. The van der Waals surface area contributed by atoms with Gasteiger partial charge >= 0.3 is 0 Å². The minimum Gasteiger partial charge on any atom is -0.268 e. The normalized spacial score (nSPS) is 14.9. The molecule has 7 heteroatoms. The van der Waals surface area contributed by atoms with E-state index in [1.165, 1.54) is 24.3 Å². The molecule has 1 aliphatic rings. The van der Waals surface area contributed by atoms with Gasteiger partial charge in [-0.1, -0.05) is 35.3 Å². The summed E-state index contributed by atoms with van der Waals surface area (Å²) in [6, 6.07) is 8.56. The number of halogens is 4. The summed E-state index contributed by atoms with van der Waals surface area (Å²) in [4.78, 5) is 25.3. The molecule has 2 amide bonds. The van der Waals surface area contributed by atoms with Crippen LogP contribution in [0.25, 0.3) is 5.57 Å². The fraction of sp³-hybridized carbons (Fsp3) is 0. The largest absolute Gasteiger partial charge is 0.277 e. The molecule has 0 fully saturated rings. The van der Waals surface area contributed by atoms with E-state index in [1.807, 2.05) is 0 Å². The summed E-state index contributed by atoms with van der Waals surface area (Å²) in [5.74, 6) is -3.43. The standard InChI is InChI=1S/C16H7Cl2F2NO2/c17-9-3-1-8(2-4-9)13-14(18)16(23)21(15(13)22)12-7-10(19)5-6-11(12)20/h1-7H. The third kappa shape index (κ3) is 2.62. The molecule has 0 aromatic heterocycles. The first-order chi connectivity index (χ1) is 10.9. The quantitative estimate of drug-likeness (QED) is 0.760. The molecule has 2 aromatic carbocycles. The number of carbonyl (C=O) groups is 2. The van der Waals surface area contributed by atoms with Gasteiger partial charge in [0.1, 0.15) is 16.7 Å². The number of hydrogen-bond acceptors (Lipinski definition) is 2. The highest BCUT2D eigenvalue weighted by Crippen LogP contribution is 2.36. The van der Waals surface area contributed by atoms with Crippen molar-refractivity contribution in [3.8, 4) is 0 Å². The van der Waals surface area contributed by atoms with Gasteiger partial charge in [-0.2, -0.15) is 0 Å². The predicted molar refractivity (Wildman–Crippen MR) is 83.1 cm³/mol. The fourth-order valence-corrected chi connectivity index (χ4v) is 2.65. The van der Waals surface area contributed by atoms with Gasteiger partial charge in [0.2, 0.25) is 0 Å². The molecule has 0 aliphatic carbocycles. The van der Waals surface area contributed by atoms with E-state index in [4.69, 9.17) is 23.2 Å². The van der Waals surface area contributed by atoms with Crippen LogP contribution >= 0.6 is 23.2 Å². The maximum atomic E-state index is 13.9. The van der Waals surface area contributed by atoms with E-state index in [9.17, 15) is 18.4 Å². The second-order valence-electron chi connectivity index (χ2n) is 4.74. The maximum Gasteiger partial charge on any atom is 0.277 e. The van der Waals surface area contributed by atoms with E-state index >= 15 is 0 Å². The summed E-state index contributed by atoms with van der Waals surface area (Å²) in [7, 11) is 0. The van der Waals surface area contributed by atoms with Crippen LogP contribution in [0.15, 0.2) is 47.5 Å². The number of benzene rings is 2.